The SMILES string of the molecule is CC(=O)c1ccc(NC(=O)CC(=O)Nc2cc(Cl)cc(Cl)c2)cc1. The van der Waals surface area contributed by atoms with E-state index in [1.54, 1.807) is 24.3 Å². The van der Waals surface area contributed by atoms with Gasteiger partial charge in [-0.2, -0.15) is 0 Å². The molecule has 2 rings (SSSR count). The highest BCUT2D eigenvalue weighted by molar-refractivity contribution is 6.35. The Kier molecular flexibility index (Phi) is 5.95. The van der Waals surface area contributed by atoms with Crippen LogP contribution in [-0.2, 0) is 9.59 Å². The van der Waals surface area contributed by atoms with E-state index in [1.165, 1.54) is 25.1 Å². The van der Waals surface area contributed by atoms with Crippen LogP contribution in [0.5, 0.6) is 0 Å². The summed E-state index contributed by atoms with van der Waals surface area (Å²) in [6, 6.07) is 11.0. The van der Waals surface area contributed by atoms with Crippen LogP contribution < -0.4 is 10.6 Å². The zero-order valence-electron chi connectivity index (χ0n) is 12.7. The molecule has 0 spiro atoms. The van der Waals surface area contributed by atoms with Crippen LogP contribution in [0.25, 0.3) is 0 Å². The topological polar surface area (TPSA) is 75.3 Å². The molecule has 0 bridgehead atoms. The lowest BCUT2D eigenvalue weighted by Gasteiger charge is -2.08. The van der Waals surface area contributed by atoms with Gasteiger partial charge >= 0.3 is 0 Å². The average molecular weight is 365 g/mol. The number of benzene rings is 2. The van der Waals surface area contributed by atoms with Gasteiger partial charge in [0.15, 0.2) is 5.78 Å². The van der Waals surface area contributed by atoms with Crippen molar-refractivity contribution in [3.8, 4) is 0 Å². The van der Waals surface area contributed by atoms with E-state index in [-0.39, 0.29) is 12.2 Å². The Morgan fingerprint density at radius 1 is 0.833 bits per heavy atom. The van der Waals surface area contributed by atoms with Crippen LogP contribution in [0.15, 0.2) is 42.5 Å². The number of halogens is 2. The molecule has 0 fully saturated rings. The number of anilines is 2. The van der Waals surface area contributed by atoms with Gasteiger partial charge in [0.05, 0.1) is 0 Å². The second-order valence-electron chi connectivity index (χ2n) is 5.06. The molecule has 0 heterocycles. The summed E-state index contributed by atoms with van der Waals surface area (Å²) in [5, 5.41) is 5.90. The zero-order chi connectivity index (χ0) is 17.7. The molecule has 124 valence electrons. The lowest BCUT2D eigenvalue weighted by molar-refractivity contribution is -0.123. The number of hydrogen-bond acceptors (Lipinski definition) is 3. The maximum Gasteiger partial charge on any atom is 0.233 e. The summed E-state index contributed by atoms with van der Waals surface area (Å²) >= 11 is 11.7. The summed E-state index contributed by atoms with van der Waals surface area (Å²) in [7, 11) is 0. The molecule has 2 aromatic carbocycles. The number of Topliss-reactive ketones (excluding diaryl/α,β-unsaturated/α-hetero) is 1. The van der Waals surface area contributed by atoms with Crippen LogP contribution in [0.1, 0.15) is 23.7 Å². The predicted molar refractivity (Wildman–Crippen MR) is 94.8 cm³/mol. The fraction of sp³-hybridized carbons (Fsp3) is 0.118. The monoisotopic (exact) mass is 364 g/mol. The Morgan fingerprint density at radius 2 is 1.33 bits per heavy atom. The van der Waals surface area contributed by atoms with Gasteiger partial charge in [-0.05, 0) is 49.4 Å². The lowest BCUT2D eigenvalue weighted by atomic mass is 10.1. The minimum absolute atomic E-state index is 0.0626. The van der Waals surface area contributed by atoms with Gasteiger partial charge in [0, 0.05) is 27.0 Å². The number of carbonyl (C=O) groups excluding carboxylic acids is 3. The molecular weight excluding hydrogens is 351 g/mol. The summed E-state index contributed by atoms with van der Waals surface area (Å²) < 4.78 is 0. The Labute approximate surface area is 149 Å². The lowest BCUT2D eigenvalue weighted by Crippen LogP contribution is -2.21. The van der Waals surface area contributed by atoms with E-state index in [0.717, 1.165) is 0 Å². The van der Waals surface area contributed by atoms with E-state index in [2.05, 4.69) is 10.6 Å². The Morgan fingerprint density at radius 3 is 1.83 bits per heavy atom. The third-order valence-corrected chi connectivity index (χ3v) is 3.48. The van der Waals surface area contributed by atoms with Gasteiger partial charge in [-0.15, -0.1) is 0 Å². The fourth-order valence-electron chi connectivity index (χ4n) is 1.97. The first-order chi connectivity index (χ1) is 11.3. The Bertz CT molecular complexity index is 769. The van der Waals surface area contributed by atoms with E-state index in [1.807, 2.05) is 0 Å². The normalized spacial score (nSPS) is 10.1. The van der Waals surface area contributed by atoms with Crippen LogP contribution in [-0.4, -0.2) is 17.6 Å². The second-order valence-corrected chi connectivity index (χ2v) is 5.94. The summed E-state index contributed by atoms with van der Waals surface area (Å²) in [4.78, 5) is 34.9. The van der Waals surface area contributed by atoms with E-state index < -0.39 is 11.8 Å². The smallest absolute Gasteiger partial charge is 0.233 e. The molecule has 5 nitrogen and oxygen atoms in total. The van der Waals surface area contributed by atoms with Crippen molar-refractivity contribution in [3.05, 3.63) is 58.1 Å². The molecule has 0 unspecified atom stereocenters. The molecule has 0 saturated carbocycles. The molecule has 7 heteroatoms. The molecule has 0 aliphatic heterocycles. The van der Waals surface area contributed by atoms with Crippen LogP contribution in [0.2, 0.25) is 10.0 Å². The molecular formula is C17H14Cl2N2O3. The number of amides is 2. The standard InChI is InChI=1S/C17H14Cl2N2O3/c1-10(22)11-2-4-14(5-3-11)20-16(23)9-17(24)21-15-7-12(18)6-13(19)8-15/h2-8H,9H2,1H3,(H,20,23)(H,21,24). The number of rotatable bonds is 5. The van der Waals surface area contributed by atoms with Gasteiger partial charge in [-0.25, -0.2) is 0 Å². The molecule has 0 aliphatic carbocycles. The number of nitrogens with one attached hydrogen (secondary N) is 2. The Hall–Kier alpha value is -2.37. The molecule has 0 aliphatic rings. The van der Waals surface area contributed by atoms with Crippen molar-refractivity contribution < 1.29 is 14.4 Å². The maximum atomic E-state index is 11.9. The molecule has 0 atom stereocenters. The fourth-order valence-corrected chi connectivity index (χ4v) is 2.50. The highest BCUT2D eigenvalue weighted by Gasteiger charge is 2.11. The first-order valence-corrected chi connectivity index (χ1v) is 7.76. The first kappa shape index (κ1) is 18.0. The number of ketones is 1. The molecule has 0 saturated heterocycles. The van der Waals surface area contributed by atoms with Crippen LogP contribution >= 0.6 is 23.2 Å². The highest BCUT2D eigenvalue weighted by atomic mass is 35.5. The predicted octanol–water partition coefficient (Wildman–Crippen LogP) is 4.16. The van der Waals surface area contributed by atoms with Crippen molar-refractivity contribution in [1.29, 1.82) is 0 Å². The molecule has 0 radical (unpaired) electrons. The molecule has 24 heavy (non-hydrogen) atoms. The van der Waals surface area contributed by atoms with Crippen molar-refractivity contribution in [2.45, 2.75) is 13.3 Å². The van der Waals surface area contributed by atoms with Crippen LogP contribution in [0.3, 0.4) is 0 Å². The quantitative estimate of drug-likeness (QED) is 0.617. The van der Waals surface area contributed by atoms with Crippen LogP contribution in [0.4, 0.5) is 11.4 Å². The van der Waals surface area contributed by atoms with E-state index in [9.17, 15) is 14.4 Å². The van der Waals surface area contributed by atoms with Gasteiger partial charge in [-0.1, -0.05) is 23.2 Å². The third kappa shape index (κ3) is 5.37. The van der Waals surface area contributed by atoms with Crippen molar-refractivity contribution in [1.82, 2.24) is 0 Å². The van der Waals surface area contributed by atoms with E-state index in [0.29, 0.717) is 27.0 Å². The van der Waals surface area contributed by atoms with E-state index in [4.69, 9.17) is 23.2 Å². The molecule has 0 aromatic heterocycles. The largest absolute Gasteiger partial charge is 0.326 e. The number of carbonyl (C=O) groups is 3. The molecule has 2 N–H and O–H groups in total. The van der Waals surface area contributed by atoms with Gasteiger partial charge in [0.25, 0.3) is 0 Å². The number of hydrogen-bond donors (Lipinski definition) is 2. The zero-order valence-corrected chi connectivity index (χ0v) is 14.2. The summed E-state index contributed by atoms with van der Waals surface area (Å²) in [6.45, 7) is 1.46. The third-order valence-electron chi connectivity index (χ3n) is 3.04. The summed E-state index contributed by atoms with van der Waals surface area (Å²) in [5.74, 6) is -1.03. The van der Waals surface area contributed by atoms with Crippen LogP contribution in [0, 0.1) is 0 Å². The molecule has 2 aromatic rings. The first-order valence-electron chi connectivity index (χ1n) is 7.00. The maximum absolute atomic E-state index is 11.9. The van der Waals surface area contributed by atoms with Gasteiger partial charge < -0.3 is 10.6 Å². The second kappa shape index (κ2) is 7.95. The van der Waals surface area contributed by atoms with E-state index >= 15 is 0 Å². The van der Waals surface area contributed by atoms with Crippen molar-refractivity contribution in [2.24, 2.45) is 0 Å². The average Bonchev–Trinajstić information content (AvgIpc) is 2.46. The Balaban J connectivity index is 1.91. The van der Waals surface area contributed by atoms with Crippen molar-refractivity contribution in [2.75, 3.05) is 10.6 Å². The summed E-state index contributed by atoms with van der Waals surface area (Å²) in [5.41, 5.74) is 1.46. The molecule has 2 amide bonds. The minimum atomic E-state index is -0.494. The van der Waals surface area contributed by atoms with Crippen molar-refractivity contribution in [3.63, 3.8) is 0 Å². The highest BCUT2D eigenvalue weighted by Crippen LogP contribution is 2.22. The minimum Gasteiger partial charge on any atom is -0.326 e. The van der Waals surface area contributed by atoms with Gasteiger partial charge in [0.2, 0.25) is 11.8 Å². The van der Waals surface area contributed by atoms with Gasteiger partial charge in [0.1, 0.15) is 6.42 Å². The van der Waals surface area contributed by atoms with Gasteiger partial charge in [-0.3, -0.25) is 14.4 Å². The van der Waals surface area contributed by atoms with Crippen molar-refractivity contribution >= 4 is 52.2 Å². The summed E-state index contributed by atoms with van der Waals surface area (Å²) in [6.07, 6.45) is -0.363.